The fourth-order valence-electron chi connectivity index (χ4n) is 1.45. The van der Waals surface area contributed by atoms with Gasteiger partial charge in [-0.1, -0.05) is 11.6 Å². The quantitative estimate of drug-likeness (QED) is 0.831. The van der Waals surface area contributed by atoms with Crippen LogP contribution in [0.25, 0.3) is 0 Å². The summed E-state index contributed by atoms with van der Waals surface area (Å²) < 4.78 is 5.46. The van der Waals surface area contributed by atoms with Crippen molar-refractivity contribution in [2.75, 3.05) is 18.5 Å². The second kappa shape index (κ2) is 4.57. The van der Waals surface area contributed by atoms with Gasteiger partial charge in [0.05, 0.1) is 18.5 Å². The molecule has 0 aromatic carbocycles. The highest BCUT2D eigenvalue weighted by molar-refractivity contribution is 6.29. The summed E-state index contributed by atoms with van der Waals surface area (Å²) in [5.74, 6) is 0.702. The van der Waals surface area contributed by atoms with Crippen LogP contribution in [0.4, 0.5) is 5.82 Å². The molecule has 14 heavy (non-hydrogen) atoms. The maximum absolute atomic E-state index is 5.70. The molecule has 0 aliphatic carbocycles. The lowest BCUT2D eigenvalue weighted by Gasteiger charge is -2.10. The number of hydrogen-bond acceptors (Lipinski definition) is 4. The van der Waals surface area contributed by atoms with Crippen LogP contribution in [-0.4, -0.2) is 29.2 Å². The maximum atomic E-state index is 5.70. The largest absolute Gasteiger partial charge is 0.376 e. The number of halogens is 1. The SMILES string of the molecule is Clc1cncc(NC[C@H]2CCCO2)n1. The predicted molar refractivity (Wildman–Crippen MR) is 54.5 cm³/mol. The Bertz CT molecular complexity index is 302. The molecule has 0 bridgehead atoms. The molecule has 0 radical (unpaired) electrons. The van der Waals surface area contributed by atoms with Crippen molar-refractivity contribution >= 4 is 17.4 Å². The average Bonchev–Trinajstić information content (AvgIpc) is 2.67. The molecule has 76 valence electrons. The van der Waals surface area contributed by atoms with Crippen molar-refractivity contribution in [1.82, 2.24) is 9.97 Å². The molecule has 1 saturated heterocycles. The van der Waals surface area contributed by atoms with E-state index in [9.17, 15) is 0 Å². The molecule has 2 heterocycles. The summed E-state index contributed by atoms with van der Waals surface area (Å²) in [7, 11) is 0. The van der Waals surface area contributed by atoms with E-state index in [4.69, 9.17) is 16.3 Å². The Labute approximate surface area is 87.7 Å². The van der Waals surface area contributed by atoms with Crippen LogP contribution in [-0.2, 0) is 4.74 Å². The summed E-state index contributed by atoms with van der Waals surface area (Å²) in [5.41, 5.74) is 0. The highest BCUT2D eigenvalue weighted by Crippen LogP contribution is 2.13. The molecule has 0 saturated carbocycles. The smallest absolute Gasteiger partial charge is 0.149 e. The van der Waals surface area contributed by atoms with Crippen molar-refractivity contribution in [3.63, 3.8) is 0 Å². The summed E-state index contributed by atoms with van der Waals surface area (Å²) in [5, 5.41) is 3.55. The highest BCUT2D eigenvalue weighted by atomic mass is 35.5. The summed E-state index contributed by atoms with van der Waals surface area (Å²) >= 11 is 5.70. The molecule has 1 aromatic rings. The van der Waals surface area contributed by atoms with Crippen LogP contribution in [0.5, 0.6) is 0 Å². The van der Waals surface area contributed by atoms with Gasteiger partial charge in [0.25, 0.3) is 0 Å². The van der Waals surface area contributed by atoms with Gasteiger partial charge in [0, 0.05) is 13.2 Å². The monoisotopic (exact) mass is 213 g/mol. The van der Waals surface area contributed by atoms with Crippen LogP contribution in [0.3, 0.4) is 0 Å². The minimum Gasteiger partial charge on any atom is -0.376 e. The third kappa shape index (κ3) is 2.56. The Hall–Kier alpha value is -0.870. The van der Waals surface area contributed by atoms with Gasteiger partial charge < -0.3 is 10.1 Å². The maximum Gasteiger partial charge on any atom is 0.149 e. The van der Waals surface area contributed by atoms with Gasteiger partial charge in [-0.2, -0.15) is 0 Å². The second-order valence-electron chi connectivity index (χ2n) is 3.24. The van der Waals surface area contributed by atoms with Crippen LogP contribution in [0.15, 0.2) is 12.4 Å². The third-order valence-corrected chi connectivity index (χ3v) is 2.32. The van der Waals surface area contributed by atoms with Crippen LogP contribution in [0.1, 0.15) is 12.8 Å². The van der Waals surface area contributed by atoms with Gasteiger partial charge in [-0.05, 0) is 12.8 Å². The van der Waals surface area contributed by atoms with E-state index < -0.39 is 0 Å². The van der Waals surface area contributed by atoms with Gasteiger partial charge in [0.2, 0.25) is 0 Å². The van der Waals surface area contributed by atoms with Gasteiger partial charge >= 0.3 is 0 Å². The van der Waals surface area contributed by atoms with E-state index in [0.29, 0.717) is 17.1 Å². The molecular formula is C9H12ClN3O. The normalized spacial score (nSPS) is 21.1. The molecule has 5 heteroatoms. The zero-order valence-electron chi connectivity index (χ0n) is 7.74. The first kappa shape index (κ1) is 9.68. The molecular weight excluding hydrogens is 202 g/mol. The van der Waals surface area contributed by atoms with E-state index >= 15 is 0 Å². The molecule has 1 N–H and O–H groups in total. The minimum absolute atomic E-state index is 0.302. The lowest BCUT2D eigenvalue weighted by Crippen LogP contribution is -2.18. The lowest BCUT2D eigenvalue weighted by atomic mass is 10.2. The molecule has 0 amide bonds. The highest BCUT2D eigenvalue weighted by Gasteiger charge is 2.14. The Morgan fingerprint density at radius 1 is 1.57 bits per heavy atom. The van der Waals surface area contributed by atoms with Crippen LogP contribution in [0.2, 0.25) is 5.15 Å². The molecule has 1 fully saturated rings. The topological polar surface area (TPSA) is 47.0 Å². The summed E-state index contributed by atoms with van der Waals surface area (Å²) in [6.45, 7) is 1.64. The second-order valence-corrected chi connectivity index (χ2v) is 3.63. The Kier molecular flexibility index (Phi) is 3.16. The first-order valence-corrected chi connectivity index (χ1v) is 5.05. The van der Waals surface area contributed by atoms with E-state index in [1.165, 1.54) is 6.20 Å². The molecule has 0 unspecified atom stereocenters. The van der Waals surface area contributed by atoms with E-state index in [1.54, 1.807) is 6.20 Å². The Balaban J connectivity index is 1.85. The number of hydrogen-bond donors (Lipinski definition) is 1. The first-order chi connectivity index (χ1) is 6.84. The standard InChI is InChI=1S/C9H12ClN3O/c10-8-5-11-6-9(13-8)12-4-7-2-1-3-14-7/h5-7H,1-4H2,(H,12,13)/t7-/m1/s1. The van der Waals surface area contributed by atoms with Gasteiger partial charge in [0.1, 0.15) is 11.0 Å². The zero-order chi connectivity index (χ0) is 9.80. The van der Waals surface area contributed by atoms with Crippen molar-refractivity contribution in [3.05, 3.63) is 17.5 Å². The molecule has 0 spiro atoms. The van der Waals surface area contributed by atoms with E-state index in [-0.39, 0.29) is 0 Å². The number of anilines is 1. The fraction of sp³-hybridized carbons (Fsp3) is 0.556. The molecule has 4 nitrogen and oxygen atoms in total. The summed E-state index contributed by atoms with van der Waals surface area (Å²) in [6.07, 6.45) is 5.73. The average molecular weight is 214 g/mol. The van der Waals surface area contributed by atoms with Crippen molar-refractivity contribution in [2.24, 2.45) is 0 Å². The number of nitrogens with one attached hydrogen (secondary N) is 1. The van der Waals surface area contributed by atoms with Crippen molar-refractivity contribution in [1.29, 1.82) is 0 Å². The first-order valence-electron chi connectivity index (χ1n) is 4.67. The molecule has 1 aromatic heterocycles. The molecule has 2 rings (SSSR count). The number of ether oxygens (including phenoxy) is 1. The lowest BCUT2D eigenvalue weighted by molar-refractivity contribution is 0.120. The predicted octanol–water partition coefficient (Wildman–Crippen LogP) is 1.72. The summed E-state index contributed by atoms with van der Waals surface area (Å²) in [4.78, 5) is 8.00. The third-order valence-electron chi connectivity index (χ3n) is 2.14. The van der Waals surface area contributed by atoms with Crippen LogP contribution < -0.4 is 5.32 Å². The number of nitrogens with zero attached hydrogens (tertiary/aromatic N) is 2. The van der Waals surface area contributed by atoms with Crippen molar-refractivity contribution in [3.8, 4) is 0 Å². The van der Waals surface area contributed by atoms with Crippen LogP contribution in [0, 0.1) is 0 Å². The molecule has 1 aliphatic heterocycles. The van der Waals surface area contributed by atoms with E-state index in [1.807, 2.05) is 0 Å². The fourth-order valence-corrected chi connectivity index (χ4v) is 1.60. The Morgan fingerprint density at radius 2 is 2.50 bits per heavy atom. The van der Waals surface area contributed by atoms with E-state index in [2.05, 4.69) is 15.3 Å². The Morgan fingerprint density at radius 3 is 3.21 bits per heavy atom. The number of rotatable bonds is 3. The van der Waals surface area contributed by atoms with Gasteiger partial charge in [-0.15, -0.1) is 0 Å². The van der Waals surface area contributed by atoms with Gasteiger partial charge in [-0.25, -0.2) is 4.98 Å². The minimum atomic E-state index is 0.302. The molecule has 1 atom stereocenters. The van der Waals surface area contributed by atoms with Gasteiger partial charge in [-0.3, -0.25) is 4.98 Å². The molecule has 1 aliphatic rings. The van der Waals surface area contributed by atoms with Gasteiger partial charge in [0.15, 0.2) is 0 Å². The van der Waals surface area contributed by atoms with Crippen molar-refractivity contribution in [2.45, 2.75) is 18.9 Å². The van der Waals surface area contributed by atoms with E-state index in [0.717, 1.165) is 26.0 Å². The summed E-state index contributed by atoms with van der Waals surface area (Å²) in [6, 6.07) is 0. The van der Waals surface area contributed by atoms with Crippen molar-refractivity contribution < 1.29 is 4.74 Å². The number of aromatic nitrogens is 2. The zero-order valence-corrected chi connectivity index (χ0v) is 8.50. The van der Waals surface area contributed by atoms with Crippen LogP contribution >= 0.6 is 11.6 Å².